The lowest BCUT2D eigenvalue weighted by atomic mass is 10.3. The van der Waals surface area contributed by atoms with Crippen LogP contribution >= 0.6 is 11.6 Å². The van der Waals surface area contributed by atoms with Crippen LogP contribution in [0.2, 0.25) is 5.02 Å². The summed E-state index contributed by atoms with van der Waals surface area (Å²) in [6.45, 7) is 1.73. The summed E-state index contributed by atoms with van der Waals surface area (Å²) in [5, 5.41) is 4.97. The van der Waals surface area contributed by atoms with Gasteiger partial charge in [0.25, 0.3) is 5.56 Å². The minimum atomic E-state index is -0.626. The fraction of sp³-hybridized carbons (Fsp3) is 0.111. The van der Waals surface area contributed by atoms with Gasteiger partial charge in [0.2, 0.25) is 0 Å². The lowest BCUT2D eigenvalue weighted by Gasteiger charge is -2.07. The summed E-state index contributed by atoms with van der Waals surface area (Å²) in [6, 6.07) is 12.3. The first kappa shape index (κ1) is 17.8. The summed E-state index contributed by atoms with van der Waals surface area (Å²) in [4.78, 5) is 24.9. The van der Waals surface area contributed by atoms with Crippen LogP contribution in [0.4, 0.5) is 20.6 Å². The molecule has 134 valence electrons. The van der Waals surface area contributed by atoms with Gasteiger partial charge in [-0.15, -0.1) is 0 Å². The van der Waals surface area contributed by atoms with Gasteiger partial charge in [-0.05, 0) is 37.3 Å². The Morgan fingerprint density at radius 3 is 2.46 bits per heavy atom. The molecule has 8 heteroatoms. The van der Waals surface area contributed by atoms with Crippen molar-refractivity contribution < 1.29 is 9.18 Å². The number of nitrogens with one attached hydrogen (secondary N) is 2. The molecule has 0 radical (unpaired) electrons. The zero-order valence-corrected chi connectivity index (χ0v) is 14.8. The van der Waals surface area contributed by atoms with Gasteiger partial charge in [-0.2, -0.15) is 0 Å². The third kappa shape index (κ3) is 3.34. The molecule has 0 unspecified atom stereocenters. The molecule has 0 aliphatic carbocycles. The average Bonchev–Trinajstić information content (AvgIpc) is 2.82. The SMILES string of the molecule is Cc1c(NC(=O)Nc2ccc(F)c(Cl)c2)c(=O)n(-c2ccccc2)n1C. The van der Waals surface area contributed by atoms with Crippen molar-refractivity contribution in [3.63, 3.8) is 0 Å². The minimum Gasteiger partial charge on any atom is -0.308 e. The molecule has 6 nitrogen and oxygen atoms in total. The molecule has 0 bridgehead atoms. The molecule has 1 aromatic heterocycles. The Morgan fingerprint density at radius 2 is 1.81 bits per heavy atom. The molecule has 2 N–H and O–H groups in total. The maximum Gasteiger partial charge on any atom is 0.323 e. The zero-order valence-electron chi connectivity index (χ0n) is 14.1. The molecule has 1 heterocycles. The molecule has 3 rings (SSSR count). The number of para-hydroxylation sites is 1. The standard InChI is InChI=1S/C18H16ClFN4O2/c1-11-16(17(25)24(23(11)2)13-6-4-3-5-7-13)22-18(26)21-12-8-9-15(20)14(19)10-12/h3-10H,1-2H3,(H2,21,22,26). The molecular weight excluding hydrogens is 359 g/mol. The van der Waals surface area contributed by atoms with E-state index in [1.54, 1.807) is 30.8 Å². The number of hydrogen-bond donors (Lipinski definition) is 2. The molecule has 3 aromatic rings. The number of benzene rings is 2. The van der Waals surface area contributed by atoms with E-state index in [9.17, 15) is 14.0 Å². The van der Waals surface area contributed by atoms with Gasteiger partial charge in [-0.3, -0.25) is 9.48 Å². The molecular formula is C18H16ClFN4O2. The van der Waals surface area contributed by atoms with Crippen LogP contribution in [0.25, 0.3) is 5.69 Å². The molecule has 0 saturated carbocycles. The second kappa shape index (κ2) is 7.05. The van der Waals surface area contributed by atoms with Crippen molar-refractivity contribution >= 4 is 29.0 Å². The molecule has 26 heavy (non-hydrogen) atoms. The molecule has 0 spiro atoms. The van der Waals surface area contributed by atoms with Crippen LogP contribution in [0.15, 0.2) is 53.3 Å². The van der Waals surface area contributed by atoms with Crippen molar-refractivity contribution in [2.45, 2.75) is 6.92 Å². The van der Waals surface area contributed by atoms with E-state index < -0.39 is 11.8 Å². The summed E-state index contributed by atoms with van der Waals surface area (Å²) < 4.78 is 16.3. The molecule has 0 aliphatic rings. The van der Waals surface area contributed by atoms with E-state index in [-0.39, 0.29) is 16.3 Å². The van der Waals surface area contributed by atoms with Crippen molar-refractivity contribution in [3.05, 3.63) is 75.4 Å². The Bertz CT molecular complexity index is 1030. The summed E-state index contributed by atoms with van der Waals surface area (Å²) in [6.07, 6.45) is 0. The van der Waals surface area contributed by atoms with Gasteiger partial charge >= 0.3 is 6.03 Å². The number of carbonyl (C=O) groups excluding carboxylic acids is 1. The smallest absolute Gasteiger partial charge is 0.308 e. The van der Waals surface area contributed by atoms with E-state index in [0.717, 1.165) is 6.07 Å². The number of rotatable bonds is 3. The molecule has 0 saturated heterocycles. The lowest BCUT2D eigenvalue weighted by Crippen LogP contribution is -2.25. The van der Waals surface area contributed by atoms with Gasteiger partial charge in [-0.1, -0.05) is 29.8 Å². The van der Waals surface area contributed by atoms with Gasteiger partial charge in [0.15, 0.2) is 0 Å². The molecule has 2 aromatic carbocycles. The molecule has 2 amide bonds. The number of anilines is 2. The van der Waals surface area contributed by atoms with E-state index in [1.165, 1.54) is 16.8 Å². The van der Waals surface area contributed by atoms with Gasteiger partial charge in [-0.25, -0.2) is 13.9 Å². The third-order valence-corrected chi connectivity index (χ3v) is 4.26. The highest BCUT2D eigenvalue weighted by molar-refractivity contribution is 6.31. The van der Waals surface area contributed by atoms with E-state index >= 15 is 0 Å². The number of nitrogens with zero attached hydrogens (tertiary/aromatic N) is 2. The Hall–Kier alpha value is -3.06. The van der Waals surface area contributed by atoms with Crippen LogP contribution in [-0.4, -0.2) is 15.4 Å². The van der Waals surface area contributed by atoms with Crippen molar-refractivity contribution in [2.24, 2.45) is 7.05 Å². The molecule has 0 fully saturated rings. The van der Waals surface area contributed by atoms with Crippen molar-refractivity contribution in [1.82, 2.24) is 9.36 Å². The Labute approximate surface area is 153 Å². The van der Waals surface area contributed by atoms with Crippen LogP contribution in [0.5, 0.6) is 0 Å². The average molecular weight is 375 g/mol. The maximum absolute atomic E-state index is 13.2. The predicted octanol–water partition coefficient (Wildman–Crippen LogP) is 3.92. The van der Waals surface area contributed by atoms with Crippen molar-refractivity contribution in [2.75, 3.05) is 10.6 Å². The molecule has 0 atom stereocenters. The summed E-state index contributed by atoms with van der Waals surface area (Å²) in [5.41, 5.74) is 1.38. The van der Waals surface area contributed by atoms with Gasteiger partial charge in [0.1, 0.15) is 11.5 Å². The van der Waals surface area contributed by atoms with Gasteiger partial charge < -0.3 is 10.6 Å². The first-order valence-electron chi connectivity index (χ1n) is 7.75. The van der Waals surface area contributed by atoms with Crippen molar-refractivity contribution in [1.29, 1.82) is 0 Å². The van der Waals surface area contributed by atoms with Gasteiger partial charge in [0, 0.05) is 12.7 Å². The van der Waals surface area contributed by atoms with E-state index in [1.807, 2.05) is 18.2 Å². The predicted molar refractivity (Wildman–Crippen MR) is 99.8 cm³/mol. The van der Waals surface area contributed by atoms with Gasteiger partial charge in [0.05, 0.1) is 16.4 Å². The van der Waals surface area contributed by atoms with Crippen LogP contribution in [-0.2, 0) is 7.05 Å². The van der Waals surface area contributed by atoms with Crippen LogP contribution in [0.3, 0.4) is 0 Å². The summed E-state index contributed by atoms with van der Waals surface area (Å²) in [5.74, 6) is -0.581. The number of aromatic nitrogens is 2. The highest BCUT2D eigenvalue weighted by Crippen LogP contribution is 2.20. The highest BCUT2D eigenvalue weighted by atomic mass is 35.5. The van der Waals surface area contributed by atoms with Crippen LogP contribution in [0.1, 0.15) is 5.69 Å². The number of urea groups is 1. The maximum atomic E-state index is 13.2. The minimum absolute atomic E-state index is 0.106. The quantitative estimate of drug-likeness (QED) is 0.729. The second-order valence-electron chi connectivity index (χ2n) is 5.64. The van der Waals surface area contributed by atoms with E-state index in [0.29, 0.717) is 17.1 Å². The van der Waals surface area contributed by atoms with Crippen LogP contribution in [0, 0.1) is 12.7 Å². The first-order chi connectivity index (χ1) is 12.4. The first-order valence-corrected chi connectivity index (χ1v) is 8.13. The third-order valence-electron chi connectivity index (χ3n) is 3.97. The fourth-order valence-electron chi connectivity index (χ4n) is 2.56. The number of hydrogen-bond acceptors (Lipinski definition) is 2. The topological polar surface area (TPSA) is 68.1 Å². The summed E-state index contributed by atoms with van der Waals surface area (Å²) in [7, 11) is 1.73. The Balaban J connectivity index is 1.87. The van der Waals surface area contributed by atoms with Crippen LogP contribution < -0.4 is 16.2 Å². The number of halogens is 2. The monoisotopic (exact) mass is 374 g/mol. The summed E-state index contributed by atoms with van der Waals surface area (Å²) >= 11 is 5.70. The number of carbonyl (C=O) groups is 1. The zero-order chi connectivity index (χ0) is 18.8. The largest absolute Gasteiger partial charge is 0.323 e. The second-order valence-corrected chi connectivity index (χ2v) is 6.05. The Morgan fingerprint density at radius 1 is 1.12 bits per heavy atom. The van der Waals surface area contributed by atoms with E-state index in [2.05, 4.69) is 10.6 Å². The lowest BCUT2D eigenvalue weighted by molar-refractivity contribution is 0.262. The Kier molecular flexibility index (Phi) is 4.81. The normalized spacial score (nSPS) is 10.6. The molecule has 0 aliphatic heterocycles. The highest BCUT2D eigenvalue weighted by Gasteiger charge is 2.18. The van der Waals surface area contributed by atoms with E-state index in [4.69, 9.17) is 11.6 Å². The van der Waals surface area contributed by atoms with Crippen molar-refractivity contribution in [3.8, 4) is 5.69 Å². The number of amides is 2. The fourth-order valence-corrected chi connectivity index (χ4v) is 2.74.